The molecule has 0 radical (unpaired) electrons. The largest absolute Gasteiger partial charge is 0.444 e. The predicted octanol–water partition coefficient (Wildman–Crippen LogP) is 2.84. The van der Waals surface area contributed by atoms with Gasteiger partial charge in [0.1, 0.15) is 11.4 Å². The summed E-state index contributed by atoms with van der Waals surface area (Å²) < 4.78 is 5.28. The van der Waals surface area contributed by atoms with E-state index in [1.165, 1.54) is 0 Å². The molecule has 0 spiro atoms. The number of pyridine rings is 1. The van der Waals surface area contributed by atoms with E-state index in [1.807, 2.05) is 20.8 Å². The van der Waals surface area contributed by atoms with E-state index in [4.69, 9.17) is 10.00 Å². The van der Waals surface area contributed by atoms with Crippen molar-refractivity contribution in [3.63, 3.8) is 0 Å². The van der Waals surface area contributed by atoms with Crippen LogP contribution in [0.3, 0.4) is 0 Å². The van der Waals surface area contributed by atoms with Gasteiger partial charge in [0.05, 0.1) is 11.6 Å². The van der Waals surface area contributed by atoms with Gasteiger partial charge in [0, 0.05) is 25.3 Å². The number of rotatable bonds is 3. The van der Waals surface area contributed by atoms with Gasteiger partial charge in [0.25, 0.3) is 0 Å². The number of nitriles is 1. The van der Waals surface area contributed by atoms with Crippen molar-refractivity contribution in [3.05, 3.63) is 23.9 Å². The van der Waals surface area contributed by atoms with Crippen molar-refractivity contribution in [2.45, 2.75) is 51.7 Å². The standard InChI is InChI=1S/C17H24N4O2/c1-17(2,3)23-16(22)20-12-14-6-4-5-9-21(14)15-10-13(11-18)7-8-19-15/h7-8,10,14H,4-6,9,12H2,1-3H3,(H,20,22)/t14-/m1/s1. The number of hydrogen-bond acceptors (Lipinski definition) is 5. The monoisotopic (exact) mass is 316 g/mol. The van der Waals surface area contributed by atoms with Gasteiger partial charge in [-0.2, -0.15) is 5.26 Å². The zero-order valence-corrected chi connectivity index (χ0v) is 14.0. The molecule has 23 heavy (non-hydrogen) atoms. The minimum Gasteiger partial charge on any atom is -0.444 e. The van der Waals surface area contributed by atoms with Crippen LogP contribution in [0.5, 0.6) is 0 Å². The Morgan fingerprint density at radius 3 is 3.00 bits per heavy atom. The van der Waals surface area contributed by atoms with Gasteiger partial charge in [-0.15, -0.1) is 0 Å². The van der Waals surface area contributed by atoms with Crippen molar-refractivity contribution in [1.82, 2.24) is 10.3 Å². The first-order chi connectivity index (χ1) is 10.9. The molecule has 1 fully saturated rings. The van der Waals surface area contributed by atoms with Crippen molar-refractivity contribution < 1.29 is 9.53 Å². The highest BCUT2D eigenvalue weighted by Gasteiger charge is 2.25. The lowest BCUT2D eigenvalue weighted by molar-refractivity contribution is 0.0523. The predicted molar refractivity (Wildman–Crippen MR) is 88.2 cm³/mol. The summed E-state index contributed by atoms with van der Waals surface area (Å²) >= 11 is 0. The number of carbonyl (C=O) groups excluding carboxylic acids is 1. The first-order valence-corrected chi connectivity index (χ1v) is 7.99. The topological polar surface area (TPSA) is 78.2 Å². The Morgan fingerprint density at radius 1 is 1.52 bits per heavy atom. The molecule has 0 bridgehead atoms. The molecule has 0 unspecified atom stereocenters. The molecule has 2 heterocycles. The minimum atomic E-state index is -0.501. The highest BCUT2D eigenvalue weighted by molar-refractivity contribution is 5.67. The van der Waals surface area contributed by atoms with E-state index in [0.717, 1.165) is 31.6 Å². The summed E-state index contributed by atoms with van der Waals surface area (Å²) in [5.74, 6) is 0.791. The summed E-state index contributed by atoms with van der Waals surface area (Å²) in [6.45, 7) is 6.92. The number of alkyl carbamates (subject to hydrolysis) is 1. The maximum Gasteiger partial charge on any atom is 0.407 e. The van der Waals surface area contributed by atoms with E-state index in [1.54, 1.807) is 18.3 Å². The van der Waals surface area contributed by atoms with Crippen LogP contribution in [-0.4, -0.2) is 35.8 Å². The number of nitrogens with zero attached hydrogens (tertiary/aromatic N) is 3. The van der Waals surface area contributed by atoms with Crippen LogP contribution in [-0.2, 0) is 4.74 Å². The third kappa shape index (κ3) is 5.13. The fourth-order valence-electron chi connectivity index (χ4n) is 2.67. The maximum atomic E-state index is 11.8. The van der Waals surface area contributed by atoms with Crippen LogP contribution in [0.1, 0.15) is 45.6 Å². The quantitative estimate of drug-likeness (QED) is 0.927. The molecule has 2 rings (SSSR count). The van der Waals surface area contributed by atoms with Crippen LogP contribution in [0.2, 0.25) is 0 Å². The average Bonchev–Trinajstić information content (AvgIpc) is 2.51. The van der Waals surface area contributed by atoms with E-state index >= 15 is 0 Å². The van der Waals surface area contributed by atoms with E-state index < -0.39 is 11.7 Å². The Labute approximate surface area is 137 Å². The molecule has 1 amide bonds. The summed E-state index contributed by atoms with van der Waals surface area (Å²) in [5, 5.41) is 11.9. The van der Waals surface area contributed by atoms with Crippen molar-refractivity contribution in [2.24, 2.45) is 0 Å². The molecule has 1 N–H and O–H groups in total. The molecule has 1 aliphatic heterocycles. The second-order valence-electron chi connectivity index (χ2n) is 6.74. The number of amides is 1. The summed E-state index contributed by atoms with van der Waals surface area (Å²) in [6.07, 6.45) is 4.44. The Balaban J connectivity index is 2.01. The molecule has 0 aromatic carbocycles. The number of aromatic nitrogens is 1. The van der Waals surface area contributed by atoms with E-state index in [0.29, 0.717) is 12.1 Å². The number of piperidine rings is 1. The zero-order chi connectivity index (χ0) is 16.9. The number of anilines is 1. The Kier molecular flexibility index (Phi) is 5.43. The first-order valence-electron chi connectivity index (χ1n) is 7.99. The van der Waals surface area contributed by atoms with Crippen molar-refractivity contribution >= 4 is 11.9 Å². The van der Waals surface area contributed by atoms with Gasteiger partial charge in [0.15, 0.2) is 0 Å². The number of ether oxygens (including phenoxy) is 1. The highest BCUT2D eigenvalue weighted by Crippen LogP contribution is 2.23. The highest BCUT2D eigenvalue weighted by atomic mass is 16.6. The van der Waals surface area contributed by atoms with Crippen molar-refractivity contribution in [2.75, 3.05) is 18.0 Å². The zero-order valence-electron chi connectivity index (χ0n) is 14.0. The van der Waals surface area contributed by atoms with Crippen LogP contribution < -0.4 is 10.2 Å². The molecule has 124 valence electrons. The summed E-state index contributed by atoms with van der Waals surface area (Å²) in [5.41, 5.74) is 0.0957. The number of hydrogen-bond donors (Lipinski definition) is 1. The number of nitrogens with one attached hydrogen (secondary N) is 1. The van der Waals surface area contributed by atoms with Crippen LogP contribution in [0, 0.1) is 11.3 Å². The SMILES string of the molecule is CC(C)(C)OC(=O)NC[C@H]1CCCCN1c1cc(C#N)ccn1. The molecule has 1 saturated heterocycles. The second kappa shape index (κ2) is 7.32. The first kappa shape index (κ1) is 17.1. The molecule has 1 aromatic heterocycles. The van der Waals surface area contributed by atoms with Gasteiger partial charge in [-0.25, -0.2) is 9.78 Å². The third-order valence-corrected chi connectivity index (χ3v) is 3.68. The summed E-state index contributed by atoms with van der Waals surface area (Å²) in [4.78, 5) is 18.4. The van der Waals surface area contributed by atoms with Crippen LogP contribution in [0.15, 0.2) is 18.3 Å². The van der Waals surface area contributed by atoms with Gasteiger partial charge >= 0.3 is 6.09 Å². The average molecular weight is 316 g/mol. The Bertz CT molecular complexity index is 589. The fraction of sp³-hybridized carbons (Fsp3) is 0.588. The minimum absolute atomic E-state index is 0.165. The molecule has 1 aromatic rings. The van der Waals surface area contributed by atoms with E-state index in [2.05, 4.69) is 21.3 Å². The van der Waals surface area contributed by atoms with Crippen LogP contribution in [0.4, 0.5) is 10.6 Å². The Morgan fingerprint density at radius 2 is 2.30 bits per heavy atom. The molecule has 0 aliphatic carbocycles. The van der Waals surface area contributed by atoms with Gasteiger partial charge in [-0.05, 0) is 52.2 Å². The lowest BCUT2D eigenvalue weighted by Crippen LogP contribution is -2.48. The molecular formula is C17H24N4O2. The molecule has 6 nitrogen and oxygen atoms in total. The molecular weight excluding hydrogens is 292 g/mol. The van der Waals surface area contributed by atoms with Gasteiger partial charge < -0.3 is 15.0 Å². The normalized spacial score (nSPS) is 18.2. The van der Waals surface area contributed by atoms with Crippen molar-refractivity contribution in [3.8, 4) is 6.07 Å². The molecule has 1 atom stereocenters. The van der Waals surface area contributed by atoms with E-state index in [9.17, 15) is 4.79 Å². The smallest absolute Gasteiger partial charge is 0.407 e. The van der Waals surface area contributed by atoms with Crippen LogP contribution >= 0.6 is 0 Å². The lowest BCUT2D eigenvalue weighted by Gasteiger charge is -2.37. The lowest BCUT2D eigenvalue weighted by atomic mass is 10.0. The van der Waals surface area contributed by atoms with Gasteiger partial charge in [-0.1, -0.05) is 0 Å². The van der Waals surface area contributed by atoms with Crippen molar-refractivity contribution in [1.29, 1.82) is 5.26 Å². The van der Waals surface area contributed by atoms with Crippen LogP contribution in [0.25, 0.3) is 0 Å². The maximum absolute atomic E-state index is 11.8. The molecule has 0 saturated carbocycles. The van der Waals surface area contributed by atoms with E-state index in [-0.39, 0.29) is 6.04 Å². The third-order valence-electron chi connectivity index (χ3n) is 3.68. The molecule has 1 aliphatic rings. The molecule has 6 heteroatoms. The Hall–Kier alpha value is -2.29. The second-order valence-corrected chi connectivity index (χ2v) is 6.74. The number of carbonyl (C=O) groups is 1. The fourth-order valence-corrected chi connectivity index (χ4v) is 2.67. The summed E-state index contributed by atoms with van der Waals surface area (Å²) in [7, 11) is 0. The van der Waals surface area contributed by atoms with Gasteiger partial charge in [-0.3, -0.25) is 0 Å². The van der Waals surface area contributed by atoms with Gasteiger partial charge in [0.2, 0.25) is 0 Å². The summed E-state index contributed by atoms with van der Waals surface area (Å²) in [6, 6.07) is 5.80.